The van der Waals surface area contributed by atoms with Crippen molar-refractivity contribution in [2.75, 3.05) is 18.4 Å². The van der Waals surface area contributed by atoms with Crippen LogP contribution in [-0.4, -0.2) is 41.1 Å². The second-order valence-corrected chi connectivity index (χ2v) is 9.72. The van der Waals surface area contributed by atoms with E-state index >= 15 is 0 Å². The third kappa shape index (κ3) is 6.70. The Bertz CT molecular complexity index is 1300. The molecule has 0 spiro atoms. The van der Waals surface area contributed by atoms with E-state index in [1.54, 1.807) is 24.3 Å². The summed E-state index contributed by atoms with van der Waals surface area (Å²) in [4.78, 5) is 35.8. The summed E-state index contributed by atoms with van der Waals surface area (Å²) in [6.07, 6.45) is 0.159. The van der Waals surface area contributed by atoms with Crippen molar-refractivity contribution in [1.29, 1.82) is 0 Å². The number of nitrogens with one attached hydrogen (secondary N) is 3. The zero-order valence-electron chi connectivity index (χ0n) is 20.7. The summed E-state index contributed by atoms with van der Waals surface area (Å²) in [5, 5.41) is 29.1. The van der Waals surface area contributed by atoms with Crippen molar-refractivity contribution in [2.45, 2.75) is 31.8 Å². The van der Waals surface area contributed by atoms with E-state index < -0.39 is 30.2 Å². The third-order valence-corrected chi connectivity index (χ3v) is 7.11. The molecule has 9 heteroatoms. The van der Waals surface area contributed by atoms with Crippen LogP contribution in [0.5, 0.6) is 0 Å². The van der Waals surface area contributed by atoms with E-state index in [1.165, 1.54) is 0 Å². The summed E-state index contributed by atoms with van der Waals surface area (Å²) < 4.78 is 0. The number of hydrogen-bond donors (Lipinski definition) is 5. The highest BCUT2D eigenvalue weighted by molar-refractivity contribution is 6.33. The largest absolute Gasteiger partial charge is 0.481 e. The molecule has 38 heavy (non-hydrogen) atoms. The molecule has 0 aliphatic carbocycles. The number of halogens is 1. The van der Waals surface area contributed by atoms with Gasteiger partial charge < -0.3 is 26.2 Å². The van der Waals surface area contributed by atoms with Crippen molar-refractivity contribution >= 4 is 35.1 Å². The minimum absolute atomic E-state index is 0.155. The number of anilines is 1. The average molecular weight is 536 g/mol. The van der Waals surface area contributed by atoms with Gasteiger partial charge in [-0.3, -0.25) is 14.4 Å². The number of carbonyl (C=O) groups is 3. The summed E-state index contributed by atoms with van der Waals surface area (Å²) in [7, 11) is 0. The van der Waals surface area contributed by atoms with E-state index in [4.69, 9.17) is 11.6 Å². The zero-order chi connectivity index (χ0) is 27.1. The van der Waals surface area contributed by atoms with Crippen LogP contribution in [0.15, 0.2) is 66.7 Å². The highest BCUT2D eigenvalue weighted by Crippen LogP contribution is 2.38. The number of amides is 1. The molecule has 5 N–H and O–H groups in total. The Morgan fingerprint density at radius 1 is 0.947 bits per heavy atom. The second kappa shape index (κ2) is 12.6. The molecule has 0 saturated heterocycles. The van der Waals surface area contributed by atoms with Crippen LogP contribution in [-0.2, 0) is 29.1 Å². The van der Waals surface area contributed by atoms with Crippen molar-refractivity contribution in [3.8, 4) is 0 Å². The molecule has 0 bridgehead atoms. The minimum atomic E-state index is -1.15. The topological polar surface area (TPSA) is 128 Å². The van der Waals surface area contributed by atoms with Crippen molar-refractivity contribution in [3.05, 3.63) is 99.6 Å². The number of hydrogen-bond acceptors (Lipinski definition) is 5. The Kier molecular flexibility index (Phi) is 8.99. The standard InChI is InChI=1S/C29H30ClN3O5/c30-25-11-10-21-22(12-13-31-17-24(21)23(29(37)38)14-26(34)35)27(25)32-15-19-6-8-20(9-7-19)28(36)33-16-18-4-2-1-3-5-18/h1-11,23-24,31-32H,12-17H2,(H,33,36)(H,34,35)(H,37,38). The molecule has 4 rings (SSSR count). The Hall–Kier alpha value is -3.88. The van der Waals surface area contributed by atoms with Crippen LogP contribution in [0.1, 0.15) is 45.0 Å². The van der Waals surface area contributed by atoms with Gasteiger partial charge in [0.1, 0.15) is 0 Å². The van der Waals surface area contributed by atoms with Crippen LogP contribution in [0, 0.1) is 5.92 Å². The molecule has 1 aliphatic heterocycles. The predicted octanol–water partition coefficient (Wildman–Crippen LogP) is 4.29. The molecule has 8 nitrogen and oxygen atoms in total. The number of aliphatic carboxylic acids is 2. The number of rotatable bonds is 10. The van der Waals surface area contributed by atoms with Gasteiger partial charge in [0.2, 0.25) is 0 Å². The monoisotopic (exact) mass is 535 g/mol. The summed E-state index contributed by atoms with van der Waals surface area (Å²) in [5.74, 6) is -4.01. The molecule has 2 atom stereocenters. The molecule has 2 unspecified atom stereocenters. The molecule has 0 fully saturated rings. The highest BCUT2D eigenvalue weighted by Gasteiger charge is 2.34. The molecule has 0 aromatic heterocycles. The lowest BCUT2D eigenvalue weighted by atomic mass is 9.81. The van der Waals surface area contributed by atoms with E-state index in [0.717, 1.165) is 22.3 Å². The van der Waals surface area contributed by atoms with E-state index in [9.17, 15) is 24.6 Å². The average Bonchev–Trinajstić information content (AvgIpc) is 3.13. The van der Waals surface area contributed by atoms with Gasteiger partial charge in [0.25, 0.3) is 5.91 Å². The Morgan fingerprint density at radius 2 is 1.66 bits per heavy atom. The lowest BCUT2D eigenvalue weighted by molar-refractivity contribution is -0.149. The van der Waals surface area contributed by atoms with E-state index in [-0.39, 0.29) is 5.91 Å². The Balaban J connectivity index is 1.47. The van der Waals surface area contributed by atoms with Gasteiger partial charge in [-0.05, 0) is 53.4 Å². The van der Waals surface area contributed by atoms with Crippen LogP contribution in [0.3, 0.4) is 0 Å². The van der Waals surface area contributed by atoms with Crippen molar-refractivity contribution in [3.63, 3.8) is 0 Å². The fraction of sp³-hybridized carbons (Fsp3) is 0.276. The van der Waals surface area contributed by atoms with Crippen molar-refractivity contribution < 1.29 is 24.6 Å². The summed E-state index contributed by atoms with van der Waals surface area (Å²) in [6, 6.07) is 20.5. The molecular weight excluding hydrogens is 506 g/mol. The van der Waals surface area contributed by atoms with Gasteiger partial charge in [-0.15, -0.1) is 0 Å². The minimum Gasteiger partial charge on any atom is -0.481 e. The van der Waals surface area contributed by atoms with Crippen LogP contribution < -0.4 is 16.0 Å². The molecule has 198 valence electrons. The van der Waals surface area contributed by atoms with Crippen LogP contribution in [0.2, 0.25) is 5.02 Å². The van der Waals surface area contributed by atoms with Gasteiger partial charge in [-0.25, -0.2) is 0 Å². The van der Waals surface area contributed by atoms with Crippen LogP contribution in [0.25, 0.3) is 0 Å². The van der Waals surface area contributed by atoms with E-state index in [2.05, 4.69) is 16.0 Å². The van der Waals surface area contributed by atoms with Gasteiger partial charge in [-0.1, -0.05) is 60.1 Å². The normalized spacial score (nSPS) is 15.6. The molecule has 0 saturated carbocycles. The number of carbonyl (C=O) groups excluding carboxylic acids is 1. The van der Waals surface area contributed by atoms with Gasteiger partial charge in [-0.2, -0.15) is 0 Å². The number of carboxylic acid groups (broad SMARTS) is 2. The van der Waals surface area contributed by atoms with Gasteiger partial charge in [0.05, 0.1) is 23.0 Å². The van der Waals surface area contributed by atoms with Crippen molar-refractivity contribution in [2.24, 2.45) is 5.92 Å². The molecule has 1 heterocycles. The zero-order valence-corrected chi connectivity index (χ0v) is 21.5. The maximum absolute atomic E-state index is 12.5. The van der Waals surface area contributed by atoms with Gasteiger partial charge in [0, 0.05) is 31.1 Å². The predicted molar refractivity (Wildman–Crippen MR) is 146 cm³/mol. The lowest BCUT2D eigenvalue weighted by Crippen LogP contribution is -2.31. The fourth-order valence-electron chi connectivity index (χ4n) is 4.82. The first kappa shape index (κ1) is 27.2. The molecule has 1 amide bonds. The van der Waals surface area contributed by atoms with Crippen LogP contribution in [0.4, 0.5) is 5.69 Å². The molecular formula is C29H30ClN3O5. The van der Waals surface area contributed by atoms with Crippen LogP contribution >= 0.6 is 11.6 Å². The fourth-order valence-corrected chi connectivity index (χ4v) is 5.06. The van der Waals surface area contributed by atoms with Gasteiger partial charge in [0.15, 0.2) is 0 Å². The first-order chi connectivity index (χ1) is 18.3. The molecule has 1 aliphatic rings. The third-order valence-electron chi connectivity index (χ3n) is 6.79. The number of fused-ring (bicyclic) bond motifs is 1. The van der Waals surface area contributed by atoms with E-state index in [1.807, 2.05) is 42.5 Å². The number of benzene rings is 3. The highest BCUT2D eigenvalue weighted by atomic mass is 35.5. The molecule has 0 radical (unpaired) electrons. The van der Waals surface area contributed by atoms with Gasteiger partial charge >= 0.3 is 11.9 Å². The summed E-state index contributed by atoms with van der Waals surface area (Å²) in [6.45, 7) is 1.88. The first-order valence-electron chi connectivity index (χ1n) is 12.4. The van der Waals surface area contributed by atoms with Crippen molar-refractivity contribution in [1.82, 2.24) is 10.6 Å². The first-order valence-corrected chi connectivity index (χ1v) is 12.8. The van der Waals surface area contributed by atoms with E-state index in [0.29, 0.717) is 48.9 Å². The smallest absolute Gasteiger partial charge is 0.307 e. The molecule has 3 aromatic carbocycles. The lowest BCUT2D eigenvalue weighted by Gasteiger charge is -2.25. The summed E-state index contributed by atoms with van der Waals surface area (Å²) in [5.41, 5.74) is 4.92. The second-order valence-electron chi connectivity index (χ2n) is 9.31. The Morgan fingerprint density at radius 3 is 2.34 bits per heavy atom. The quantitative estimate of drug-likeness (QED) is 0.262. The summed E-state index contributed by atoms with van der Waals surface area (Å²) >= 11 is 6.56. The number of carboxylic acids is 2. The maximum atomic E-state index is 12.5. The maximum Gasteiger partial charge on any atom is 0.307 e. The molecule has 3 aromatic rings. The SMILES string of the molecule is O=C(O)CC(C(=O)O)C1CNCCc2c1ccc(Cl)c2NCc1ccc(C(=O)NCc2ccccc2)cc1. The Labute approximate surface area is 226 Å².